The van der Waals surface area contributed by atoms with Gasteiger partial charge in [-0.15, -0.1) is 0 Å². The van der Waals surface area contributed by atoms with Crippen LogP contribution in [-0.2, 0) is 6.54 Å². The van der Waals surface area contributed by atoms with Crippen LogP contribution in [0.15, 0.2) is 12.1 Å². The van der Waals surface area contributed by atoms with E-state index < -0.39 is 17.5 Å². The summed E-state index contributed by atoms with van der Waals surface area (Å²) in [4.78, 5) is 4.35. The first-order valence-electron chi connectivity index (χ1n) is 6.53. The Bertz CT molecular complexity index is 675. The summed E-state index contributed by atoms with van der Waals surface area (Å²) in [6.45, 7) is 2.52. The molecule has 1 fully saturated rings. The van der Waals surface area contributed by atoms with Gasteiger partial charge in [-0.3, -0.25) is 0 Å². The summed E-state index contributed by atoms with van der Waals surface area (Å²) in [5.41, 5.74) is 6.07. The largest absolute Gasteiger partial charge is 0.383 e. The van der Waals surface area contributed by atoms with Crippen LogP contribution in [-0.4, -0.2) is 9.55 Å². The standard InChI is InChI=1S/C14H14F3N3/c1-2-20-13(18)12(19-14(20)7-3-4-7)8-5-10(16)11(17)6-9(8)15/h5-7H,2-4,18H2,1H3. The van der Waals surface area contributed by atoms with Crippen molar-refractivity contribution in [3.05, 3.63) is 35.4 Å². The van der Waals surface area contributed by atoms with Gasteiger partial charge in [0.25, 0.3) is 0 Å². The van der Waals surface area contributed by atoms with E-state index in [1.54, 1.807) is 4.57 Å². The molecule has 0 aliphatic heterocycles. The van der Waals surface area contributed by atoms with Gasteiger partial charge in [0.15, 0.2) is 11.6 Å². The molecule has 1 heterocycles. The van der Waals surface area contributed by atoms with Crippen LogP contribution >= 0.6 is 0 Å². The van der Waals surface area contributed by atoms with Crippen LogP contribution in [0.2, 0.25) is 0 Å². The monoisotopic (exact) mass is 281 g/mol. The highest BCUT2D eigenvalue weighted by Gasteiger charge is 2.31. The maximum absolute atomic E-state index is 13.8. The smallest absolute Gasteiger partial charge is 0.161 e. The predicted octanol–water partition coefficient (Wildman–Crippen LogP) is 3.45. The second-order valence-electron chi connectivity index (χ2n) is 4.97. The number of nitrogens with two attached hydrogens (primary N) is 1. The van der Waals surface area contributed by atoms with Crippen molar-refractivity contribution in [1.29, 1.82) is 0 Å². The average Bonchev–Trinajstić information content (AvgIpc) is 3.19. The van der Waals surface area contributed by atoms with Crippen molar-refractivity contribution in [2.75, 3.05) is 5.73 Å². The maximum Gasteiger partial charge on any atom is 0.161 e. The van der Waals surface area contributed by atoms with Crippen LogP contribution in [0.3, 0.4) is 0 Å². The molecule has 6 heteroatoms. The van der Waals surface area contributed by atoms with Crippen LogP contribution in [0.1, 0.15) is 31.5 Å². The van der Waals surface area contributed by atoms with E-state index in [0.717, 1.165) is 24.7 Å². The fourth-order valence-corrected chi connectivity index (χ4v) is 2.37. The Morgan fingerprint density at radius 2 is 1.85 bits per heavy atom. The van der Waals surface area contributed by atoms with E-state index in [1.807, 2.05) is 6.92 Å². The SMILES string of the molecule is CCn1c(C2CC2)nc(-c2cc(F)c(F)cc2F)c1N. The molecular formula is C14H14F3N3. The molecule has 2 N–H and O–H groups in total. The van der Waals surface area contributed by atoms with Gasteiger partial charge in [0, 0.05) is 24.1 Å². The lowest BCUT2D eigenvalue weighted by Crippen LogP contribution is -2.04. The number of nitrogen functional groups attached to an aromatic ring is 1. The van der Waals surface area contributed by atoms with Crippen LogP contribution in [0.5, 0.6) is 0 Å². The molecular weight excluding hydrogens is 267 g/mol. The Hall–Kier alpha value is -1.98. The lowest BCUT2D eigenvalue weighted by molar-refractivity contribution is 0.496. The summed E-state index contributed by atoms with van der Waals surface area (Å²) < 4.78 is 42.0. The third-order valence-corrected chi connectivity index (χ3v) is 3.56. The Labute approximate surface area is 114 Å². The second kappa shape index (κ2) is 4.54. The summed E-state index contributed by atoms with van der Waals surface area (Å²) in [7, 11) is 0. The molecule has 1 aromatic heterocycles. The van der Waals surface area contributed by atoms with Gasteiger partial charge in [0.05, 0.1) is 0 Å². The molecule has 0 atom stereocenters. The third-order valence-electron chi connectivity index (χ3n) is 3.56. The number of aromatic nitrogens is 2. The van der Waals surface area contributed by atoms with E-state index in [1.165, 1.54) is 0 Å². The second-order valence-corrected chi connectivity index (χ2v) is 4.97. The molecule has 1 aliphatic rings. The number of nitrogens with zero attached hydrogens (tertiary/aromatic N) is 2. The summed E-state index contributed by atoms with van der Waals surface area (Å²) >= 11 is 0. The van der Waals surface area contributed by atoms with Crippen LogP contribution < -0.4 is 5.73 Å². The Morgan fingerprint density at radius 3 is 2.45 bits per heavy atom. The van der Waals surface area contributed by atoms with Gasteiger partial charge in [-0.25, -0.2) is 18.2 Å². The quantitative estimate of drug-likeness (QED) is 0.876. The molecule has 0 saturated heterocycles. The van der Waals surface area contributed by atoms with Gasteiger partial charge in [-0.1, -0.05) is 0 Å². The highest BCUT2D eigenvalue weighted by Crippen LogP contribution is 2.42. The first kappa shape index (κ1) is 13.0. The fraction of sp³-hybridized carbons (Fsp3) is 0.357. The zero-order valence-electron chi connectivity index (χ0n) is 11.0. The molecule has 20 heavy (non-hydrogen) atoms. The van der Waals surface area contributed by atoms with Crippen molar-refractivity contribution in [1.82, 2.24) is 9.55 Å². The first-order chi connectivity index (χ1) is 9.52. The predicted molar refractivity (Wildman–Crippen MR) is 69.6 cm³/mol. The molecule has 106 valence electrons. The normalized spacial score (nSPS) is 14.8. The van der Waals surface area contributed by atoms with E-state index in [2.05, 4.69) is 4.98 Å². The molecule has 0 unspecified atom stereocenters. The highest BCUT2D eigenvalue weighted by atomic mass is 19.2. The molecule has 3 rings (SSSR count). The van der Waals surface area contributed by atoms with Crippen LogP contribution in [0.25, 0.3) is 11.3 Å². The fourth-order valence-electron chi connectivity index (χ4n) is 2.37. The number of hydrogen-bond acceptors (Lipinski definition) is 2. The molecule has 3 nitrogen and oxygen atoms in total. The first-order valence-corrected chi connectivity index (χ1v) is 6.53. The van der Waals surface area contributed by atoms with Gasteiger partial charge in [0.1, 0.15) is 23.2 Å². The third kappa shape index (κ3) is 1.95. The Balaban J connectivity index is 2.17. The molecule has 0 radical (unpaired) electrons. The van der Waals surface area contributed by atoms with Gasteiger partial charge in [-0.05, 0) is 25.8 Å². The number of benzene rings is 1. The van der Waals surface area contributed by atoms with E-state index in [4.69, 9.17) is 5.73 Å². The minimum absolute atomic E-state index is 0.101. The molecule has 1 saturated carbocycles. The summed E-state index contributed by atoms with van der Waals surface area (Å²) in [6.07, 6.45) is 2.05. The van der Waals surface area contributed by atoms with Gasteiger partial charge in [0.2, 0.25) is 0 Å². The number of rotatable bonds is 3. The van der Waals surface area contributed by atoms with Crippen molar-refractivity contribution >= 4 is 5.82 Å². The summed E-state index contributed by atoms with van der Waals surface area (Å²) in [6, 6.07) is 1.33. The van der Waals surface area contributed by atoms with Crippen LogP contribution in [0.4, 0.5) is 19.0 Å². The molecule has 1 aliphatic carbocycles. The maximum atomic E-state index is 13.8. The highest BCUT2D eigenvalue weighted by molar-refractivity contribution is 5.72. The molecule has 0 amide bonds. The Kier molecular flexibility index (Phi) is 2.96. The van der Waals surface area contributed by atoms with Crippen molar-refractivity contribution in [2.24, 2.45) is 0 Å². The lowest BCUT2D eigenvalue weighted by atomic mass is 10.1. The van der Waals surface area contributed by atoms with Crippen LogP contribution in [0, 0.1) is 17.5 Å². The zero-order chi connectivity index (χ0) is 14.4. The Morgan fingerprint density at radius 1 is 1.20 bits per heavy atom. The van der Waals surface area contributed by atoms with Crippen molar-refractivity contribution in [3.63, 3.8) is 0 Å². The van der Waals surface area contributed by atoms with E-state index in [9.17, 15) is 13.2 Å². The minimum Gasteiger partial charge on any atom is -0.383 e. The van der Waals surface area contributed by atoms with Crippen molar-refractivity contribution in [2.45, 2.75) is 32.2 Å². The van der Waals surface area contributed by atoms with E-state index in [0.29, 0.717) is 24.3 Å². The number of imidazole rings is 1. The lowest BCUT2D eigenvalue weighted by Gasteiger charge is -2.06. The molecule has 0 bridgehead atoms. The van der Waals surface area contributed by atoms with Crippen molar-refractivity contribution in [3.8, 4) is 11.3 Å². The van der Waals surface area contributed by atoms with E-state index >= 15 is 0 Å². The molecule has 0 spiro atoms. The van der Waals surface area contributed by atoms with Gasteiger partial charge >= 0.3 is 0 Å². The number of halogens is 3. The molecule has 2 aromatic rings. The average molecular weight is 281 g/mol. The number of anilines is 1. The summed E-state index contributed by atoms with van der Waals surface area (Å²) in [5, 5.41) is 0. The summed E-state index contributed by atoms with van der Waals surface area (Å²) in [5.74, 6) is -1.77. The van der Waals surface area contributed by atoms with Gasteiger partial charge in [-0.2, -0.15) is 0 Å². The zero-order valence-corrected chi connectivity index (χ0v) is 11.0. The van der Waals surface area contributed by atoms with Crippen molar-refractivity contribution < 1.29 is 13.2 Å². The minimum atomic E-state index is -1.22. The molecule has 1 aromatic carbocycles. The van der Waals surface area contributed by atoms with Gasteiger partial charge < -0.3 is 10.3 Å². The topological polar surface area (TPSA) is 43.8 Å². The number of hydrogen-bond donors (Lipinski definition) is 1. The van der Waals surface area contributed by atoms with E-state index in [-0.39, 0.29) is 11.3 Å².